The minimum Gasteiger partial charge on any atom is -0.379 e. The Morgan fingerprint density at radius 1 is 1.37 bits per heavy atom. The number of amides is 1. The van der Waals surface area contributed by atoms with Crippen LogP contribution >= 0.6 is 38.9 Å². The summed E-state index contributed by atoms with van der Waals surface area (Å²) in [7, 11) is 0. The molecule has 0 aliphatic rings. The quantitative estimate of drug-likeness (QED) is 0.828. The summed E-state index contributed by atoms with van der Waals surface area (Å²) < 4.78 is 0.842. The van der Waals surface area contributed by atoms with Crippen molar-refractivity contribution in [1.29, 1.82) is 0 Å². The summed E-state index contributed by atoms with van der Waals surface area (Å²) in [5.74, 6) is -0.0661. The predicted molar refractivity (Wildman–Crippen MR) is 85.1 cm³/mol. The first-order chi connectivity index (χ1) is 9.08. The average molecular weight is 360 g/mol. The molecule has 1 aromatic heterocycles. The number of benzene rings is 1. The highest BCUT2D eigenvalue weighted by Gasteiger charge is 2.07. The van der Waals surface area contributed by atoms with Gasteiger partial charge < -0.3 is 10.6 Å². The third-order valence-corrected chi connectivity index (χ3v) is 4.77. The normalized spacial score (nSPS) is 10.3. The highest BCUT2D eigenvalue weighted by Crippen LogP contribution is 2.31. The Morgan fingerprint density at radius 3 is 2.89 bits per heavy atom. The molecular formula is C13H12BrClN2OS. The third kappa shape index (κ3) is 3.72. The molecule has 0 radical (unpaired) electrons. The van der Waals surface area contributed by atoms with E-state index in [-0.39, 0.29) is 5.91 Å². The van der Waals surface area contributed by atoms with E-state index in [9.17, 15) is 4.79 Å². The lowest BCUT2D eigenvalue weighted by molar-refractivity contribution is -0.114. The third-order valence-electron chi connectivity index (χ3n) is 2.45. The molecule has 0 spiro atoms. The van der Waals surface area contributed by atoms with Gasteiger partial charge in [-0.2, -0.15) is 0 Å². The van der Waals surface area contributed by atoms with Crippen LogP contribution < -0.4 is 10.6 Å². The number of halogens is 2. The second-order valence-electron chi connectivity index (χ2n) is 3.89. The number of carbonyl (C=O) groups is 1. The Labute approximate surface area is 129 Å². The minimum atomic E-state index is -0.0661. The van der Waals surface area contributed by atoms with Gasteiger partial charge in [0, 0.05) is 11.8 Å². The monoisotopic (exact) mass is 358 g/mol. The average Bonchev–Trinajstić information content (AvgIpc) is 2.78. The van der Waals surface area contributed by atoms with Gasteiger partial charge in [-0.3, -0.25) is 4.79 Å². The van der Waals surface area contributed by atoms with E-state index in [0.717, 1.165) is 20.7 Å². The van der Waals surface area contributed by atoms with E-state index < -0.39 is 0 Å². The van der Waals surface area contributed by atoms with Crippen molar-refractivity contribution < 1.29 is 4.79 Å². The first-order valence-corrected chi connectivity index (χ1v) is 7.65. The van der Waals surface area contributed by atoms with Gasteiger partial charge in [-0.15, -0.1) is 11.3 Å². The van der Waals surface area contributed by atoms with E-state index in [1.165, 1.54) is 6.92 Å². The van der Waals surface area contributed by atoms with E-state index in [1.54, 1.807) is 11.3 Å². The van der Waals surface area contributed by atoms with Gasteiger partial charge >= 0.3 is 0 Å². The molecule has 100 valence electrons. The second kappa shape index (κ2) is 6.41. The molecule has 0 unspecified atom stereocenters. The Hall–Kier alpha value is -1.04. The van der Waals surface area contributed by atoms with Crippen LogP contribution in [0.25, 0.3) is 0 Å². The summed E-state index contributed by atoms with van der Waals surface area (Å²) in [6, 6.07) is 7.56. The van der Waals surface area contributed by atoms with Crippen molar-refractivity contribution in [3.8, 4) is 0 Å². The lowest BCUT2D eigenvalue weighted by atomic mass is 10.3. The maximum atomic E-state index is 11.1. The molecule has 6 heteroatoms. The summed E-state index contributed by atoms with van der Waals surface area (Å²) in [6.45, 7) is 2.13. The Bertz CT molecular complexity index is 600. The van der Waals surface area contributed by atoms with E-state index in [1.807, 2.05) is 29.6 Å². The first-order valence-electron chi connectivity index (χ1n) is 5.60. The van der Waals surface area contributed by atoms with Gasteiger partial charge in [-0.25, -0.2) is 0 Å². The topological polar surface area (TPSA) is 41.1 Å². The molecule has 0 bridgehead atoms. The molecule has 0 fully saturated rings. The van der Waals surface area contributed by atoms with Gasteiger partial charge in [0.25, 0.3) is 0 Å². The van der Waals surface area contributed by atoms with Gasteiger partial charge in [-0.05, 0) is 39.5 Å². The first kappa shape index (κ1) is 14.4. The van der Waals surface area contributed by atoms with Crippen LogP contribution in [0.3, 0.4) is 0 Å². The summed E-state index contributed by atoms with van der Waals surface area (Å²) in [5, 5.41) is 8.73. The number of thiophene rings is 1. The van der Waals surface area contributed by atoms with Crippen molar-refractivity contribution in [2.45, 2.75) is 13.5 Å². The van der Waals surface area contributed by atoms with Crippen LogP contribution in [0.5, 0.6) is 0 Å². The zero-order chi connectivity index (χ0) is 13.8. The molecule has 0 saturated carbocycles. The largest absolute Gasteiger partial charge is 0.379 e. The van der Waals surface area contributed by atoms with E-state index in [4.69, 9.17) is 11.6 Å². The predicted octanol–water partition coefficient (Wildman–Crippen LogP) is 4.73. The molecule has 0 aliphatic carbocycles. The fourth-order valence-corrected chi connectivity index (χ4v) is 2.94. The number of hydrogen-bond acceptors (Lipinski definition) is 3. The molecule has 2 N–H and O–H groups in total. The number of rotatable bonds is 4. The lowest BCUT2D eigenvalue weighted by Crippen LogP contribution is -2.08. The smallest absolute Gasteiger partial charge is 0.221 e. The molecular weight excluding hydrogens is 348 g/mol. The van der Waals surface area contributed by atoms with E-state index in [2.05, 4.69) is 26.6 Å². The Kier molecular flexibility index (Phi) is 4.85. The van der Waals surface area contributed by atoms with Crippen molar-refractivity contribution in [3.05, 3.63) is 44.0 Å². The fourth-order valence-electron chi connectivity index (χ4n) is 1.59. The van der Waals surface area contributed by atoms with Crippen LogP contribution in [-0.4, -0.2) is 5.91 Å². The molecule has 0 aliphatic heterocycles. The SMILES string of the molecule is CC(=O)Nc1ccsc1CNc1cccc(Cl)c1Br. The number of nitrogens with one attached hydrogen (secondary N) is 2. The number of carbonyl (C=O) groups excluding carboxylic acids is 1. The van der Waals surface area contributed by atoms with Crippen LogP contribution in [0.2, 0.25) is 5.02 Å². The number of hydrogen-bond donors (Lipinski definition) is 2. The molecule has 1 amide bonds. The van der Waals surface area contributed by atoms with Gasteiger partial charge in [0.15, 0.2) is 0 Å². The Balaban J connectivity index is 2.08. The van der Waals surface area contributed by atoms with Gasteiger partial charge in [0.1, 0.15) is 0 Å². The van der Waals surface area contributed by atoms with Crippen molar-refractivity contribution in [2.75, 3.05) is 10.6 Å². The Morgan fingerprint density at radius 2 is 2.16 bits per heavy atom. The van der Waals surface area contributed by atoms with Gasteiger partial charge in [0.05, 0.1) is 27.4 Å². The number of anilines is 2. The van der Waals surface area contributed by atoms with Crippen molar-refractivity contribution in [3.63, 3.8) is 0 Å². The van der Waals surface area contributed by atoms with Crippen LogP contribution in [0.15, 0.2) is 34.1 Å². The summed E-state index contributed by atoms with van der Waals surface area (Å²) in [4.78, 5) is 12.2. The summed E-state index contributed by atoms with van der Waals surface area (Å²) in [5.41, 5.74) is 1.78. The van der Waals surface area contributed by atoms with Gasteiger partial charge in [0.2, 0.25) is 5.91 Å². The lowest BCUT2D eigenvalue weighted by Gasteiger charge is -2.10. The zero-order valence-corrected chi connectivity index (χ0v) is 13.3. The standard InChI is InChI=1S/C13H12BrClN2OS/c1-8(18)17-10-5-6-19-12(10)7-16-11-4-2-3-9(15)13(11)14/h2-6,16H,7H2,1H3,(H,17,18). The van der Waals surface area contributed by atoms with E-state index in [0.29, 0.717) is 11.6 Å². The molecule has 1 heterocycles. The van der Waals surface area contributed by atoms with Crippen LogP contribution in [-0.2, 0) is 11.3 Å². The van der Waals surface area contributed by atoms with Crippen LogP contribution in [0.4, 0.5) is 11.4 Å². The van der Waals surface area contributed by atoms with Crippen molar-refractivity contribution in [1.82, 2.24) is 0 Å². The maximum Gasteiger partial charge on any atom is 0.221 e. The molecule has 0 atom stereocenters. The highest BCUT2D eigenvalue weighted by atomic mass is 79.9. The van der Waals surface area contributed by atoms with Crippen molar-refractivity contribution in [2.24, 2.45) is 0 Å². The summed E-state index contributed by atoms with van der Waals surface area (Å²) >= 11 is 11.1. The molecule has 0 saturated heterocycles. The molecule has 2 rings (SSSR count). The molecule has 1 aromatic carbocycles. The van der Waals surface area contributed by atoms with Gasteiger partial charge in [-0.1, -0.05) is 17.7 Å². The minimum absolute atomic E-state index is 0.0661. The second-order valence-corrected chi connectivity index (χ2v) is 6.09. The van der Waals surface area contributed by atoms with E-state index >= 15 is 0 Å². The zero-order valence-electron chi connectivity index (χ0n) is 10.2. The highest BCUT2D eigenvalue weighted by molar-refractivity contribution is 9.10. The molecule has 3 nitrogen and oxygen atoms in total. The van der Waals surface area contributed by atoms with Crippen molar-refractivity contribution >= 4 is 56.1 Å². The van der Waals surface area contributed by atoms with Crippen LogP contribution in [0.1, 0.15) is 11.8 Å². The fraction of sp³-hybridized carbons (Fsp3) is 0.154. The molecule has 2 aromatic rings. The maximum absolute atomic E-state index is 11.1. The van der Waals surface area contributed by atoms with Crippen LogP contribution in [0, 0.1) is 0 Å². The summed E-state index contributed by atoms with van der Waals surface area (Å²) in [6.07, 6.45) is 0. The molecule has 19 heavy (non-hydrogen) atoms.